The number of halogens is 3. The summed E-state index contributed by atoms with van der Waals surface area (Å²) in [7, 11) is 0. The fourth-order valence-electron chi connectivity index (χ4n) is 2.38. The number of alkyl halides is 3. The fourth-order valence-corrected chi connectivity index (χ4v) is 2.38. The average molecular weight is 288 g/mol. The lowest BCUT2D eigenvalue weighted by atomic mass is 9.98. The Morgan fingerprint density at radius 1 is 1.35 bits per heavy atom. The van der Waals surface area contributed by atoms with Crippen LogP contribution in [0.25, 0.3) is 0 Å². The van der Waals surface area contributed by atoms with Gasteiger partial charge in [0.15, 0.2) is 0 Å². The van der Waals surface area contributed by atoms with Crippen molar-refractivity contribution in [1.29, 1.82) is 0 Å². The van der Waals surface area contributed by atoms with Crippen molar-refractivity contribution in [1.82, 2.24) is 10.3 Å². The molecular weight excluding hydrogens is 273 g/mol. The van der Waals surface area contributed by atoms with Crippen LogP contribution in [-0.4, -0.2) is 28.1 Å². The van der Waals surface area contributed by atoms with E-state index in [2.05, 4.69) is 10.3 Å². The first-order chi connectivity index (χ1) is 9.36. The van der Waals surface area contributed by atoms with Gasteiger partial charge in [-0.25, -0.2) is 0 Å². The minimum absolute atomic E-state index is 0.0854. The Balaban J connectivity index is 2.10. The Hall–Kier alpha value is -1.63. The highest BCUT2D eigenvalue weighted by molar-refractivity contribution is 5.92. The predicted molar refractivity (Wildman–Crippen MR) is 65.0 cm³/mol. The molecule has 0 radical (unpaired) electrons. The summed E-state index contributed by atoms with van der Waals surface area (Å²) in [5.74, 6) is -0.560. The largest absolute Gasteiger partial charge is 0.417 e. The molecule has 0 aromatic carbocycles. The quantitative estimate of drug-likeness (QED) is 0.895. The lowest BCUT2D eigenvalue weighted by molar-refractivity contribution is -0.137. The maximum atomic E-state index is 12.4. The molecule has 1 aliphatic carbocycles. The SMILES string of the molecule is O=C(NC1(CO)CCCC1)c1ccc(C(F)(F)F)cn1. The Bertz CT molecular complexity index is 479. The lowest BCUT2D eigenvalue weighted by Gasteiger charge is -2.27. The van der Waals surface area contributed by atoms with Crippen LogP contribution in [0, 0.1) is 0 Å². The van der Waals surface area contributed by atoms with Gasteiger partial charge in [-0.1, -0.05) is 12.8 Å². The van der Waals surface area contributed by atoms with Gasteiger partial charge in [0.2, 0.25) is 0 Å². The minimum atomic E-state index is -4.47. The van der Waals surface area contributed by atoms with Crippen molar-refractivity contribution in [3.63, 3.8) is 0 Å². The van der Waals surface area contributed by atoms with Crippen molar-refractivity contribution < 1.29 is 23.1 Å². The number of hydrogen-bond acceptors (Lipinski definition) is 3. The van der Waals surface area contributed by atoms with Crippen molar-refractivity contribution in [2.24, 2.45) is 0 Å². The molecule has 4 nitrogen and oxygen atoms in total. The highest BCUT2D eigenvalue weighted by atomic mass is 19.4. The number of carbonyl (C=O) groups is 1. The molecule has 1 aliphatic rings. The van der Waals surface area contributed by atoms with Crippen LogP contribution in [0.4, 0.5) is 13.2 Å². The van der Waals surface area contributed by atoms with E-state index in [9.17, 15) is 23.1 Å². The van der Waals surface area contributed by atoms with Crippen LogP contribution in [-0.2, 0) is 6.18 Å². The number of nitrogens with zero attached hydrogens (tertiary/aromatic N) is 1. The summed E-state index contributed by atoms with van der Waals surface area (Å²) in [5.41, 5.74) is -1.65. The zero-order chi connectivity index (χ0) is 14.8. The van der Waals surface area contributed by atoms with Gasteiger partial charge in [0.05, 0.1) is 17.7 Å². The van der Waals surface area contributed by atoms with E-state index in [0.717, 1.165) is 25.0 Å². The molecule has 2 rings (SSSR count). The third-order valence-corrected chi connectivity index (χ3v) is 3.57. The topological polar surface area (TPSA) is 62.2 Å². The van der Waals surface area contributed by atoms with Crippen LogP contribution in [0.2, 0.25) is 0 Å². The zero-order valence-electron chi connectivity index (χ0n) is 10.7. The number of nitrogens with one attached hydrogen (secondary N) is 1. The summed E-state index contributed by atoms with van der Waals surface area (Å²) in [5, 5.41) is 12.1. The van der Waals surface area contributed by atoms with E-state index in [1.165, 1.54) is 0 Å². The molecule has 1 saturated carbocycles. The summed E-state index contributed by atoms with van der Waals surface area (Å²) < 4.78 is 37.2. The van der Waals surface area contributed by atoms with Gasteiger partial charge in [0.25, 0.3) is 5.91 Å². The molecule has 0 saturated heterocycles. The Morgan fingerprint density at radius 3 is 2.45 bits per heavy atom. The third-order valence-electron chi connectivity index (χ3n) is 3.57. The van der Waals surface area contributed by atoms with E-state index in [1.807, 2.05) is 0 Å². The molecule has 1 fully saturated rings. The van der Waals surface area contributed by atoms with Crippen LogP contribution < -0.4 is 5.32 Å². The molecule has 20 heavy (non-hydrogen) atoms. The first-order valence-corrected chi connectivity index (χ1v) is 6.33. The van der Waals surface area contributed by atoms with E-state index in [-0.39, 0.29) is 12.3 Å². The molecule has 7 heteroatoms. The van der Waals surface area contributed by atoms with E-state index in [1.54, 1.807) is 0 Å². The highest BCUT2D eigenvalue weighted by Crippen LogP contribution is 2.30. The third kappa shape index (κ3) is 3.09. The van der Waals surface area contributed by atoms with Crippen LogP contribution >= 0.6 is 0 Å². The normalized spacial score (nSPS) is 18.0. The molecule has 0 aliphatic heterocycles. The summed E-state index contributed by atoms with van der Waals surface area (Å²) in [6.07, 6.45) is -0.705. The highest BCUT2D eigenvalue weighted by Gasteiger charge is 2.35. The van der Waals surface area contributed by atoms with E-state index >= 15 is 0 Å². The van der Waals surface area contributed by atoms with Crippen molar-refractivity contribution in [3.8, 4) is 0 Å². The smallest absolute Gasteiger partial charge is 0.394 e. The van der Waals surface area contributed by atoms with Gasteiger partial charge in [-0.2, -0.15) is 13.2 Å². The van der Waals surface area contributed by atoms with Gasteiger partial charge < -0.3 is 10.4 Å². The molecule has 1 amide bonds. The number of pyridine rings is 1. The Morgan fingerprint density at radius 2 is 2.00 bits per heavy atom. The second-order valence-corrected chi connectivity index (χ2v) is 5.03. The Kier molecular flexibility index (Phi) is 3.99. The minimum Gasteiger partial charge on any atom is -0.394 e. The van der Waals surface area contributed by atoms with Crippen LogP contribution in [0.15, 0.2) is 18.3 Å². The van der Waals surface area contributed by atoms with Crippen molar-refractivity contribution >= 4 is 5.91 Å². The van der Waals surface area contributed by atoms with Crippen molar-refractivity contribution in [2.75, 3.05) is 6.61 Å². The summed E-state index contributed by atoms with van der Waals surface area (Å²) in [6, 6.07) is 1.86. The average Bonchev–Trinajstić information content (AvgIpc) is 2.87. The first-order valence-electron chi connectivity index (χ1n) is 6.33. The summed E-state index contributed by atoms with van der Waals surface area (Å²) >= 11 is 0. The second kappa shape index (κ2) is 5.40. The maximum absolute atomic E-state index is 12.4. The Labute approximate surface area is 114 Å². The molecule has 0 spiro atoms. The summed E-state index contributed by atoms with van der Waals surface area (Å²) in [4.78, 5) is 15.5. The standard InChI is InChI=1S/C13H15F3N2O2/c14-13(15,16)9-3-4-10(17-7-9)11(20)18-12(8-19)5-1-2-6-12/h3-4,7,19H,1-2,5-6,8H2,(H,18,20). The van der Waals surface area contributed by atoms with Crippen molar-refractivity contribution in [3.05, 3.63) is 29.6 Å². The zero-order valence-corrected chi connectivity index (χ0v) is 10.7. The number of aromatic nitrogens is 1. The molecular formula is C13H15F3N2O2. The lowest BCUT2D eigenvalue weighted by Crippen LogP contribution is -2.49. The monoisotopic (exact) mass is 288 g/mol. The summed E-state index contributed by atoms with van der Waals surface area (Å²) in [6.45, 7) is -0.181. The van der Waals surface area contributed by atoms with Gasteiger partial charge in [-0.3, -0.25) is 9.78 Å². The molecule has 0 atom stereocenters. The number of amides is 1. The number of hydrogen-bond donors (Lipinski definition) is 2. The maximum Gasteiger partial charge on any atom is 0.417 e. The van der Waals surface area contributed by atoms with Crippen LogP contribution in [0.5, 0.6) is 0 Å². The molecule has 2 N–H and O–H groups in total. The molecule has 0 unspecified atom stereocenters. The van der Waals surface area contributed by atoms with Gasteiger partial charge in [-0.05, 0) is 25.0 Å². The van der Waals surface area contributed by atoms with Crippen molar-refractivity contribution in [2.45, 2.75) is 37.4 Å². The van der Waals surface area contributed by atoms with E-state index < -0.39 is 23.2 Å². The second-order valence-electron chi connectivity index (χ2n) is 5.03. The predicted octanol–water partition coefficient (Wildman–Crippen LogP) is 2.14. The van der Waals surface area contributed by atoms with Gasteiger partial charge in [0.1, 0.15) is 5.69 Å². The van der Waals surface area contributed by atoms with E-state index in [4.69, 9.17) is 0 Å². The first kappa shape index (κ1) is 14.8. The van der Waals surface area contributed by atoms with Gasteiger partial charge in [-0.15, -0.1) is 0 Å². The molecule has 1 heterocycles. The molecule has 110 valence electrons. The number of carbonyl (C=O) groups excluding carboxylic acids is 1. The van der Waals surface area contributed by atoms with E-state index in [0.29, 0.717) is 19.0 Å². The number of rotatable bonds is 3. The number of aliphatic hydroxyl groups excluding tert-OH is 1. The van der Waals surface area contributed by atoms with Gasteiger partial charge >= 0.3 is 6.18 Å². The fraction of sp³-hybridized carbons (Fsp3) is 0.538. The van der Waals surface area contributed by atoms with Gasteiger partial charge in [0, 0.05) is 6.20 Å². The number of aliphatic hydroxyl groups is 1. The van der Waals surface area contributed by atoms with Crippen LogP contribution in [0.1, 0.15) is 41.7 Å². The molecule has 0 bridgehead atoms. The van der Waals surface area contributed by atoms with Crippen LogP contribution in [0.3, 0.4) is 0 Å². The molecule has 1 aromatic heterocycles. The molecule has 1 aromatic rings.